The first-order valence-electron chi connectivity index (χ1n) is 8.26. The van der Waals surface area contributed by atoms with Crippen molar-refractivity contribution < 1.29 is 4.79 Å². The zero-order valence-electron chi connectivity index (χ0n) is 13.6. The van der Waals surface area contributed by atoms with Crippen LogP contribution >= 0.6 is 0 Å². The Kier molecular flexibility index (Phi) is 4.34. The van der Waals surface area contributed by atoms with E-state index in [4.69, 9.17) is 0 Å². The Hall–Kier alpha value is -1.62. The monoisotopic (exact) mass is 302 g/mol. The SMILES string of the molecule is CC1(C)CCCNC1C(=O)N1CCN(c2ccccn2)CC1. The number of piperazine rings is 1. The lowest BCUT2D eigenvalue weighted by Crippen LogP contribution is -2.59. The van der Waals surface area contributed by atoms with Crippen molar-refractivity contribution in [1.82, 2.24) is 15.2 Å². The molecule has 0 aliphatic carbocycles. The fourth-order valence-electron chi connectivity index (χ4n) is 3.51. The topological polar surface area (TPSA) is 48.5 Å². The molecule has 3 rings (SSSR count). The highest BCUT2D eigenvalue weighted by Crippen LogP contribution is 2.31. The Morgan fingerprint density at radius 2 is 2.05 bits per heavy atom. The van der Waals surface area contributed by atoms with E-state index in [1.54, 1.807) is 0 Å². The van der Waals surface area contributed by atoms with Gasteiger partial charge in [-0.05, 0) is 36.9 Å². The van der Waals surface area contributed by atoms with Crippen LogP contribution in [0.5, 0.6) is 0 Å². The summed E-state index contributed by atoms with van der Waals surface area (Å²) in [5, 5.41) is 3.43. The number of carbonyl (C=O) groups excluding carboxylic acids is 1. The molecule has 0 bridgehead atoms. The maximum atomic E-state index is 12.8. The normalized spacial score (nSPS) is 25.1. The Morgan fingerprint density at radius 1 is 1.27 bits per heavy atom. The first-order valence-corrected chi connectivity index (χ1v) is 8.26. The zero-order valence-corrected chi connectivity index (χ0v) is 13.6. The van der Waals surface area contributed by atoms with Gasteiger partial charge < -0.3 is 15.1 Å². The molecule has 1 N–H and O–H groups in total. The highest BCUT2D eigenvalue weighted by atomic mass is 16.2. The molecule has 2 saturated heterocycles. The molecule has 0 spiro atoms. The Bertz CT molecular complexity index is 509. The van der Waals surface area contributed by atoms with Crippen LogP contribution in [0, 0.1) is 5.41 Å². The number of carbonyl (C=O) groups is 1. The number of hydrogen-bond acceptors (Lipinski definition) is 4. The number of nitrogens with zero attached hydrogens (tertiary/aromatic N) is 3. The minimum atomic E-state index is -0.0392. The molecule has 22 heavy (non-hydrogen) atoms. The molecule has 2 aliphatic rings. The third-order valence-electron chi connectivity index (χ3n) is 4.94. The van der Waals surface area contributed by atoms with Crippen molar-refractivity contribution in [3.63, 3.8) is 0 Å². The first kappa shape index (κ1) is 15.3. The van der Waals surface area contributed by atoms with Crippen LogP contribution in [0.25, 0.3) is 0 Å². The van der Waals surface area contributed by atoms with E-state index < -0.39 is 0 Å². The summed E-state index contributed by atoms with van der Waals surface area (Å²) in [6.07, 6.45) is 4.09. The molecule has 1 aromatic rings. The number of pyridine rings is 1. The minimum Gasteiger partial charge on any atom is -0.353 e. The molecule has 2 aliphatic heterocycles. The standard InChI is InChI=1S/C17H26N4O/c1-17(2)7-5-9-19-15(17)16(22)21-12-10-20(11-13-21)14-6-3-4-8-18-14/h3-4,6,8,15,19H,5,7,9-13H2,1-2H3. The number of anilines is 1. The molecule has 0 aromatic carbocycles. The molecule has 5 nitrogen and oxygen atoms in total. The van der Waals surface area contributed by atoms with Gasteiger partial charge >= 0.3 is 0 Å². The van der Waals surface area contributed by atoms with Crippen LogP contribution in [0.4, 0.5) is 5.82 Å². The van der Waals surface area contributed by atoms with Gasteiger partial charge in [-0.25, -0.2) is 4.98 Å². The van der Waals surface area contributed by atoms with Crippen molar-refractivity contribution in [2.45, 2.75) is 32.7 Å². The Labute approximate surface area is 132 Å². The fraction of sp³-hybridized carbons (Fsp3) is 0.647. The summed E-state index contributed by atoms with van der Waals surface area (Å²) in [6, 6.07) is 5.93. The van der Waals surface area contributed by atoms with Crippen molar-refractivity contribution in [2.24, 2.45) is 5.41 Å². The quantitative estimate of drug-likeness (QED) is 0.899. The molecule has 1 aromatic heterocycles. The fourth-order valence-corrected chi connectivity index (χ4v) is 3.51. The summed E-state index contributed by atoms with van der Waals surface area (Å²) in [6.45, 7) is 8.63. The average Bonchev–Trinajstić information content (AvgIpc) is 2.55. The van der Waals surface area contributed by atoms with Crippen LogP contribution in [-0.4, -0.2) is 54.6 Å². The number of amides is 1. The minimum absolute atomic E-state index is 0.0392. The maximum absolute atomic E-state index is 12.8. The van der Waals surface area contributed by atoms with Crippen molar-refractivity contribution in [2.75, 3.05) is 37.6 Å². The van der Waals surface area contributed by atoms with Gasteiger partial charge in [-0.2, -0.15) is 0 Å². The summed E-state index contributed by atoms with van der Waals surface area (Å²) in [4.78, 5) is 21.5. The Balaban J connectivity index is 1.60. The molecule has 1 amide bonds. The van der Waals surface area contributed by atoms with E-state index in [0.29, 0.717) is 0 Å². The third kappa shape index (κ3) is 3.09. The summed E-state index contributed by atoms with van der Waals surface area (Å²) < 4.78 is 0. The van der Waals surface area contributed by atoms with Gasteiger partial charge in [0.2, 0.25) is 5.91 Å². The molecule has 3 heterocycles. The lowest BCUT2D eigenvalue weighted by atomic mass is 9.77. The van der Waals surface area contributed by atoms with E-state index in [1.807, 2.05) is 29.3 Å². The van der Waals surface area contributed by atoms with E-state index in [1.165, 1.54) is 0 Å². The molecule has 1 unspecified atom stereocenters. The summed E-state index contributed by atoms with van der Waals surface area (Å²) in [5.41, 5.74) is 0.0491. The van der Waals surface area contributed by atoms with Gasteiger partial charge in [-0.3, -0.25) is 4.79 Å². The van der Waals surface area contributed by atoms with Gasteiger partial charge in [0, 0.05) is 32.4 Å². The summed E-state index contributed by atoms with van der Waals surface area (Å²) in [7, 11) is 0. The third-order valence-corrected chi connectivity index (χ3v) is 4.94. The second kappa shape index (κ2) is 6.24. The second-order valence-electron chi connectivity index (χ2n) is 6.98. The van der Waals surface area contributed by atoms with Crippen molar-refractivity contribution in [3.8, 4) is 0 Å². The summed E-state index contributed by atoms with van der Waals surface area (Å²) >= 11 is 0. The molecule has 0 radical (unpaired) electrons. The van der Waals surface area contributed by atoms with Crippen LogP contribution in [0.1, 0.15) is 26.7 Å². The average molecular weight is 302 g/mol. The van der Waals surface area contributed by atoms with Crippen molar-refractivity contribution in [1.29, 1.82) is 0 Å². The van der Waals surface area contributed by atoms with Crippen LogP contribution in [0.2, 0.25) is 0 Å². The number of nitrogens with one attached hydrogen (secondary N) is 1. The second-order valence-corrected chi connectivity index (χ2v) is 6.98. The summed E-state index contributed by atoms with van der Waals surface area (Å²) in [5.74, 6) is 1.27. The first-order chi connectivity index (χ1) is 10.6. The maximum Gasteiger partial charge on any atom is 0.240 e. The molecule has 1 atom stereocenters. The van der Waals surface area contributed by atoms with Crippen LogP contribution < -0.4 is 10.2 Å². The lowest BCUT2D eigenvalue weighted by Gasteiger charge is -2.43. The molecule has 0 saturated carbocycles. The lowest BCUT2D eigenvalue weighted by molar-refractivity contribution is -0.137. The largest absolute Gasteiger partial charge is 0.353 e. The molecule has 2 fully saturated rings. The van der Waals surface area contributed by atoms with Gasteiger partial charge in [0.25, 0.3) is 0 Å². The van der Waals surface area contributed by atoms with Gasteiger partial charge in [0.1, 0.15) is 5.82 Å². The van der Waals surface area contributed by atoms with Crippen LogP contribution in [0.15, 0.2) is 24.4 Å². The van der Waals surface area contributed by atoms with E-state index in [0.717, 1.165) is 51.4 Å². The molecule has 120 valence electrons. The molecular formula is C17H26N4O. The highest BCUT2D eigenvalue weighted by molar-refractivity contribution is 5.83. The predicted octanol–water partition coefficient (Wildman–Crippen LogP) is 1.51. The number of aromatic nitrogens is 1. The van der Waals surface area contributed by atoms with Gasteiger partial charge in [-0.1, -0.05) is 19.9 Å². The number of rotatable bonds is 2. The van der Waals surface area contributed by atoms with Crippen molar-refractivity contribution in [3.05, 3.63) is 24.4 Å². The van der Waals surface area contributed by atoms with Gasteiger partial charge in [0.15, 0.2) is 0 Å². The van der Waals surface area contributed by atoms with Gasteiger partial charge in [0.05, 0.1) is 6.04 Å². The van der Waals surface area contributed by atoms with E-state index >= 15 is 0 Å². The number of hydrogen-bond donors (Lipinski definition) is 1. The van der Waals surface area contributed by atoms with Crippen LogP contribution in [-0.2, 0) is 4.79 Å². The number of piperidine rings is 1. The highest BCUT2D eigenvalue weighted by Gasteiger charge is 2.39. The molecule has 5 heteroatoms. The Morgan fingerprint density at radius 3 is 2.68 bits per heavy atom. The van der Waals surface area contributed by atoms with Crippen molar-refractivity contribution >= 4 is 11.7 Å². The zero-order chi connectivity index (χ0) is 15.6. The van der Waals surface area contributed by atoms with E-state index in [2.05, 4.69) is 29.0 Å². The van der Waals surface area contributed by atoms with E-state index in [9.17, 15) is 4.79 Å². The molecular weight excluding hydrogens is 276 g/mol. The van der Waals surface area contributed by atoms with Gasteiger partial charge in [-0.15, -0.1) is 0 Å². The van der Waals surface area contributed by atoms with E-state index in [-0.39, 0.29) is 17.4 Å². The smallest absolute Gasteiger partial charge is 0.240 e. The van der Waals surface area contributed by atoms with Crippen LogP contribution in [0.3, 0.4) is 0 Å². The predicted molar refractivity (Wildman–Crippen MR) is 87.8 cm³/mol.